The number of nitrogen functional groups attached to an aromatic ring is 1. The van der Waals surface area contributed by atoms with Crippen LogP contribution in [-0.2, 0) is 30.9 Å². The van der Waals surface area contributed by atoms with Crippen molar-refractivity contribution in [1.82, 2.24) is 10.3 Å². The molecule has 4 N–H and O–H groups in total. The highest BCUT2D eigenvalue weighted by molar-refractivity contribution is 5.98. The second-order valence-electron chi connectivity index (χ2n) is 7.11. The number of aromatic nitrogens is 1. The third-order valence-electron chi connectivity index (χ3n) is 4.90. The van der Waals surface area contributed by atoms with E-state index >= 15 is 0 Å². The first-order valence-corrected chi connectivity index (χ1v) is 9.98. The van der Waals surface area contributed by atoms with Gasteiger partial charge in [-0.1, -0.05) is 36.4 Å². The molecule has 0 aliphatic carbocycles. The molecule has 0 atom stereocenters. The predicted molar refractivity (Wildman–Crippen MR) is 119 cm³/mol. The van der Waals surface area contributed by atoms with E-state index in [9.17, 15) is 14.7 Å². The summed E-state index contributed by atoms with van der Waals surface area (Å²) in [5.41, 5.74) is 9.87. The summed E-state index contributed by atoms with van der Waals surface area (Å²) in [5, 5.41) is 11.9. The molecule has 3 aromatic rings. The number of methoxy groups -OCH3 is 1. The van der Waals surface area contributed by atoms with Crippen molar-refractivity contribution >= 4 is 17.6 Å². The number of hydrogen-bond acceptors (Lipinski definition) is 7. The van der Waals surface area contributed by atoms with E-state index in [0.717, 1.165) is 16.7 Å². The lowest BCUT2D eigenvalue weighted by atomic mass is 10.0. The van der Waals surface area contributed by atoms with Crippen molar-refractivity contribution in [3.63, 3.8) is 0 Å². The molecule has 0 bridgehead atoms. The molecule has 166 valence electrons. The van der Waals surface area contributed by atoms with Gasteiger partial charge in [-0.15, -0.1) is 0 Å². The van der Waals surface area contributed by atoms with Crippen LogP contribution >= 0.6 is 0 Å². The van der Waals surface area contributed by atoms with Crippen LogP contribution in [0.1, 0.15) is 32.6 Å². The Morgan fingerprint density at radius 3 is 2.50 bits per heavy atom. The molecule has 3 rings (SSSR count). The number of nitrogens with two attached hydrogens (primary N) is 1. The van der Waals surface area contributed by atoms with Crippen LogP contribution in [0.2, 0.25) is 0 Å². The number of alkyl carbamates (subject to hydrolysis) is 1. The summed E-state index contributed by atoms with van der Waals surface area (Å²) in [4.78, 5) is 28.4. The molecule has 1 aromatic heterocycles. The molecule has 32 heavy (non-hydrogen) atoms. The van der Waals surface area contributed by atoms with Crippen LogP contribution in [0.4, 0.5) is 10.5 Å². The summed E-state index contributed by atoms with van der Waals surface area (Å²) in [6, 6.07) is 13.9. The normalized spacial score (nSPS) is 10.4. The molecule has 1 heterocycles. The summed E-state index contributed by atoms with van der Waals surface area (Å²) in [6.45, 7) is 0.198. The number of rotatable bonds is 9. The Bertz CT molecular complexity index is 1080. The van der Waals surface area contributed by atoms with E-state index in [-0.39, 0.29) is 32.0 Å². The second-order valence-corrected chi connectivity index (χ2v) is 7.11. The molecular weight excluding hydrogens is 410 g/mol. The smallest absolute Gasteiger partial charge is 0.407 e. The van der Waals surface area contributed by atoms with Crippen molar-refractivity contribution in [2.45, 2.75) is 26.2 Å². The van der Waals surface area contributed by atoms with Gasteiger partial charge >= 0.3 is 6.09 Å². The first kappa shape index (κ1) is 22.8. The Balaban J connectivity index is 1.48. The van der Waals surface area contributed by atoms with Crippen LogP contribution in [0, 0.1) is 0 Å². The van der Waals surface area contributed by atoms with Crippen LogP contribution in [0.15, 0.2) is 60.9 Å². The fourth-order valence-electron chi connectivity index (χ4n) is 3.06. The lowest BCUT2D eigenvalue weighted by Crippen LogP contribution is -2.23. The summed E-state index contributed by atoms with van der Waals surface area (Å²) in [5.74, 6) is 0.486. The first-order valence-electron chi connectivity index (χ1n) is 9.98. The lowest BCUT2D eigenvalue weighted by Gasteiger charge is -2.10. The average molecular weight is 435 g/mol. The molecular formula is C24H25N3O5. The van der Waals surface area contributed by atoms with Gasteiger partial charge in [-0.3, -0.25) is 9.78 Å². The number of carbonyl (C=O) groups is 2. The Morgan fingerprint density at radius 2 is 1.81 bits per heavy atom. The summed E-state index contributed by atoms with van der Waals surface area (Å²) >= 11 is 0. The minimum Gasteiger partial charge on any atom is -0.496 e. The quantitative estimate of drug-likeness (QED) is 0.441. The van der Waals surface area contributed by atoms with Crippen molar-refractivity contribution < 1.29 is 24.2 Å². The fourth-order valence-corrected chi connectivity index (χ4v) is 3.06. The maximum atomic E-state index is 12.5. The average Bonchev–Trinajstić information content (AvgIpc) is 2.82. The number of aliphatic hydroxyl groups is 1. The minimum absolute atomic E-state index is 0.0514. The van der Waals surface area contributed by atoms with E-state index in [0.29, 0.717) is 22.6 Å². The largest absolute Gasteiger partial charge is 0.496 e. The highest BCUT2D eigenvalue weighted by Gasteiger charge is 2.10. The number of carbonyl (C=O) groups excluding carboxylic acids is 2. The molecule has 1 amide bonds. The molecule has 0 saturated heterocycles. The van der Waals surface area contributed by atoms with Gasteiger partial charge in [-0.2, -0.15) is 0 Å². The van der Waals surface area contributed by atoms with Gasteiger partial charge in [0.2, 0.25) is 0 Å². The Hall–Kier alpha value is -3.91. The van der Waals surface area contributed by atoms with Gasteiger partial charge in [0.15, 0.2) is 5.78 Å². The lowest BCUT2D eigenvalue weighted by molar-refractivity contribution is 0.0993. The number of Topliss-reactive ketones (excluding diaryl/α,β-unsaturated/α-hetero) is 1. The molecule has 8 nitrogen and oxygen atoms in total. The van der Waals surface area contributed by atoms with Crippen molar-refractivity contribution in [3.05, 3.63) is 88.7 Å². The van der Waals surface area contributed by atoms with E-state index in [1.807, 2.05) is 0 Å². The minimum atomic E-state index is -0.566. The van der Waals surface area contributed by atoms with Crippen molar-refractivity contribution in [2.75, 3.05) is 12.8 Å². The molecule has 2 aromatic carbocycles. The van der Waals surface area contributed by atoms with E-state index in [2.05, 4.69) is 10.3 Å². The molecule has 0 aliphatic heterocycles. The zero-order valence-corrected chi connectivity index (χ0v) is 17.7. The summed E-state index contributed by atoms with van der Waals surface area (Å²) in [6.07, 6.45) is 2.76. The Labute approximate surface area is 186 Å². The van der Waals surface area contributed by atoms with E-state index in [1.54, 1.807) is 54.7 Å². The number of anilines is 1. The van der Waals surface area contributed by atoms with Crippen molar-refractivity contribution in [1.29, 1.82) is 0 Å². The molecule has 0 saturated carbocycles. The van der Waals surface area contributed by atoms with Crippen LogP contribution in [-0.4, -0.2) is 29.1 Å². The number of ketones is 1. The van der Waals surface area contributed by atoms with E-state index in [1.165, 1.54) is 13.3 Å². The number of nitrogens with one attached hydrogen (secondary N) is 1. The number of ether oxygens (including phenoxy) is 2. The zero-order chi connectivity index (χ0) is 22.9. The fraction of sp³-hybridized carbons (Fsp3) is 0.208. The molecule has 8 heteroatoms. The predicted octanol–water partition coefficient (Wildman–Crippen LogP) is 3.02. The van der Waals surface area contributed by atoms with Crippen LogP contribution in [0.3, 0.4) is 0 Å². The van der Waals surface area contributed by atoms with E-state index < -0.39 is 6.09 Å². The number of amides is 1. The Morgan fingerprint density at radius 1 is 1.06 bits per heavy atom. The van der Waals surface area contributed by atoms with E-state index in [4.69, 9.17) is 15.2 Å². The maximum absolute atomic E-state index is 12.5. The number of hydrogen-bond donors (Lipinski definition) is 3. The van der Waals surface area contributed by atoms with Gasteiger partial charge in [0.1, 0.15) is 12.4 Å². The highest BCUT2D eigenvalue weighted by Crippen LogP contribution is 2.20. The Kier molecular flexibility index (Phi) is 7.77. The second kappa shape index (κ2) is 10.9. The van der Waals surface area contributed by atoms with Crippen molar-refractivity contribution in [2.24, 2.45) is 0 Å². The number of benzene rings is 2. The van der Waals surface area contributed by atoms with Crippen molar-refractivity contribution in [3.8, 4) is 5.75 Å². The zero-order valence-electron chi connectivity index (χ0n) is 17.7. The monoisotopic (exact) mass is 435 g/mol. The summed E-state index contributed by atoms with van der Waals surface area (Å²) in [7, 11) is 1.51. The molecule has 0 aliphatic rings. The molecule has 0 fully saturated rings. The first-order chi connectivity index (χ1) is 15.5. The number of aliphatic hydroxyl groups excluding tert-OH is 1. The molecule has 0 spiro atoms. The number of nitrogens with zero attached hydrogens (tertiary/aromatic N) is 1. The third-order valence-corrected chi connectivity index (χ3v) is 4.90. The van der Waals surface area contributed by atoms with Gasteiger partial charge in [0, 0.05) is 30.3 Å². The highest BCUT2D eigenvalue weighted by atomic mass is 16.5. The van der Waals surface area contributed by atoms with Crippen LogP contribution in [0.5, 0.6) is 5.75 Å². The number of pyridine rings is 1. The van der Waals surface area contributed by atoms with Gasteiger partial charge in [-0.05, 0) is 28.8 Å². The molecule has 0 radical (unpaired) electrons. The third kappa shape index (κ3) is 6.05. The molecule has 0 unspecified atom stereocenters. The SMILES string of the molecule is COc1cc(COC(=O)NCc2ccc(C(=O)Cc3ccncc3N)cc2)ccc1CO. The van der Waals surface area contributed by atoms with Gasteiger partial charge in [0.05, 0.1) is 25.6 Å². The van der Waals surface area contributed by atoms with Crippen LogP contribution in [0.25, 0.3) is 0 Å². The van der Waals surface area contributed by atoms with Gasteiger partial charge in [0.25, 0.3) is 0 Å². The van der Waals surface area contributed by atoms with Crippen LogP contribution < -0.4 is 15.8 Å². The topological polar surface area (TPSA) is 124 Å². The van der Waals surface area contributed by atoms with Gasteiger partial charge in [-0.25, -0.2) is 4.79 Å². The van der Waals surface area contributed by atoms with Gasteiger partial charge < -0.3 is 25.6 Å². The maximum Gasteiger partial charge on any atom is 0.407 e. The standard InChI is InChI=1S/C24H25N3O5/c1-31-23-10-17(4-7-20(23)14-28)15-32-24(30)27-12-16-2-5-18(6-3-16)22(29)11-19-8-9-26-13-21(19)25/h2-10,13,28H,11-12,14-15,25H2,1H3,(H,27,30). The summed E-state index contributed by atoms with van der Waals surface area (Å²) < 4.78 is 10.4.